The van der Waals surface area contributed by atoms with Crippen molar-refractivity contribution in [2.45, 2.75) is 25.7 Å². The van der Waals surface area contributed by atoms with Crippen LogP contribution in [-0.4, -0.2) is 28.6 Å². The number of thiophene rings is 1. The molecule has 0 aliphatic carbocycles. The van der Waals surface area contributed by atoms with E-state index in [4.69, 9.17) is 0 Å². The van der Waals surface area contributed by atoms with Crippen molar-refractivity contribution in [2.24, 2.45) is 0 Å². The quantitative estimate of drug-likeness (QED) is 0.706. The van der Waals surface area contributed by atoms with Crippen LogP contribution in [0.2, 0.25) is 0 Å². The Morgan fingerprint density at radius 1 is 1.26 bits per heavy atom. The molecule has 27 heavy (non-hydrogen) atoms. The van der Waals surface area contributed by atoms with Gasteiger partial charge in [-0.25, -0.2) is 0 Å². The van der Waals surface area contributed by atoms with Gasteiger partial charge in [-0.05, 0) is 35.6 Å². The number of carbonyl (C=O) groups excluding carboxylic acids is 2. The summed E-state index contributed by atoms with van der Waals surface area (Å²) in [7, 11) is 0. The van der Waals surface area contributed by atoms with Crippen LogP contribution in [0, 0.1) is 0 Å². The third-order valence-electron chi connectivity index (χ3n) is 4.54. The predicted molar refractivity (Wildman–Crippen MR) is 108 cm³/mol. The molecule has 1 fully saturated rings. The van der Waals surface area contributed by atoms with E-state index in [0.29, 0.717) is 23.0 Å². The van der Waals surface area contributed by atoms with Crippen molar-refractivity contribution in [3.8, 4) is 0 Å². The summed E-state index contributed by atoms with van der Waals surface area (Å²) in [5, 5.41) is 14.1. The average molecular weight is 399 g/mol. The molecule has 2 aromatic heterocycles. The van der Waals surface area contributed by atoms with Crippen molar-refractivity contribution in [3.05, 3.63) is 57.2 Å². The van der Waals surface area contributed by atoms with Crippen LogP contribution < -0.4 is 10.2 Å². The Balaban J connectivity index is 1.44. The molecule has 4 rings (SSSR count). The molecule has 1 aliphatic rings. The molecule has 1 atom stereocenters. The highest BCUT2D eigenvalue weighted by molar-refractivity contribution is 7.15. The minimum atomic E-state index is -0.187. The Labute approximate surface area is 164 Å². The minimum absolute atomic E-state index is 0.00626. The SMILES string of the molecule is CCc1ccc(N2C[C@@H](c3nnc(NC(=O)c4cccs4)s3)CC2=O)cc1. The molecule has 0 spiro atoms. The molecule has 0 unspecified atom stereocenters. The monoisotopic (exact) mass is 398 g/mol. The number of aromatic nitrogens is 2. The van der Waals surface area contributed by atoms with Crippen molar-refractivity contribution in [2.75, 3.05) is 16.8 Å². The van der Waals surface area contributed by atoms with E-state index in [-0.39, 0.29) is 17.7 Å². The molecule has 1 aliphatic heterocycles. The van der Waals surface area contributed by atoms with Crippen LogP contribution in [0.15, 0.2) is 41.8 Å². The number of hydrogen-bond donors (Lipinski definition) is 1. The number of amides is 2. The lowest BCUT2D eigenvalue weighted by Gasteiger charge is -2.16. The fourth-order valence-corrected chi connectivity index (χ4v) is 4.50. The summed E-state index contributed by atoms with van der Waals surface area (Å²) < 4.78 is 0. The molecule has 6 nitrogen and oxygen atoms in total. The molecular formula is C19H18N4O2S2. The zero-order valence-corrected chi connectivity index (χ0v) is 16.3. The predicted octanol–water partition coefficient (Wildman–Crippen LogP) is 3.93. The third kappa shape index (κ3) is 3.77. The molecule has 3 aromatic rings. The highest BCUT2D eigenvalue weighted by atomic mass is 32.1. The van der Waals surface area contributed by atoms with E-state index in [9.17, 15) is 9.59 Å². The van der Waals surface area contributed by atoms with Crippen molar-refractivity contribution >= 4 is 45.3 Å². The molecule has 8 heteroatoms. The summed E-state index contributed by atoms with van der Waals surface area (Å²) in [4.78, 5) is 27.0. The molecule has 0 radical (unpaired) electrons. The first-order valence-electron chi connectivity index (χ1n) is 8.71. The molecule has 138 valence electrons. The fourth-order valence-electron chi connectivity index (χ4n) is 3.05. The lowest BCUT2D eigenvalue weighted by atomic mass is 10.1. The summed E-state index contributed by atoms with van der Waals surface area (Å²) in [5.41, 5.74) is 2.16. The minimum Gasteiger partial charge on any atom is -0.312 e. The first kappa shape index (κ1) is 17.8. The van der Waals surface area contributed by atoms with Gasteiger partial charge in [0.15, 0.2) is 0 Å². The van der Waals surface area contributed by atoms with Crippen LogP contribution in [0.25, 0.3) is 0 Å². The van der Waals surface area contributed by atoms with E-state index in [2.05, 4.69) is 34.6 Å². The Morgan fingerprint density at radius 3 is 2.78 bits per heavy atom. The molecule has 0 bridgehead atoms. The first-order chi connectivity index (χ1) is 13.1. The largest absolute Gasteiger partial charge is 0.312 e. The van der Waals surface area contributed by atoms with E-state index >= 15 is 0 Å². The van der Waals surface area contributed by atoms with Crippen LogP contribution in [0.4, 0.5) is 10.8 Å². The van der Waals surface area contributed by atoms with Crippen molar-refractivity contribution in [1.29, 1.82) is 0 Å². The van der Waals surface area contributed by atoms with Crippen LogP contribution in [0.3, 0.4) is 0 Å². The number of aryl methyl sites for hydroxylation is 1. The number of carbonyl (C=O) groups is 2. The standard InChI is InChI=1S/C19H18N4O2S2/c1-2-12-5-7-14(8-6-12)23-11-13(10-16(23)24)18-21-22-19(27-18)20-17(25)15-4-3-9-26-15/h3-9,13H,2,10-11H2,1H3,(H,20,22,25)/t13-/m0/s1. The van der Waals surface area contributed by atoms with Crippen molar-refractivity contribution < 1.29 is 9.59 Å². The lowest BCUT2D eigenvalue weighted by Crippen LogP contribution is -2.24. The fraction of sp³-hybridized carbons (Fsp3) is 0.263. The van der Waals surface area contributed by atoms with Gasteiger partial charge in [-0.1, -0.05) is 36.5 Å². The molecule has 1 saturated heterocycles. The Kier molecular flexibility index (Phi) is 5.00. The van der Waals surface area contributed by atoms with Gasteiger partial charge in [0, 0.05) is 24.6 Å². The van der Waals surface area contributed by atoms with Gasteiger partial charge in [0.2, 0.25) is 11.0 Å². The highest BCUT2D eigenvalue weighted by Gasteiger charge is 2.34. The van der Waals surface area contributed by atoms with Gasteiger partial charge < -0.3 is 4.90 Å². The zero-order valence-electron chi connectivity index (χ0n) is 14.7. The van der Waals surface area contributed by atoms with E-state index in [0.717, 1.165) is 17.1 Å². The van der Waals surface area contributed by atoms with Gasteiger partial charge in [-0.2, -0.15) is 0 Å². The summed E-state index contributed by atoms with van der Waals surface area (Å²) in [6.45, 7) is 2.69. The second-order valence-electron chi connectivity index (χ2n) is 6.30. The van der Waals surface area contributed by atoms with Gasteiger partial charge in [0.25, 0.3) is 5.91 Å². The smallest absolute Gasteiger partial charge is 0.267 e. The Morgan fingerprint density at radius 2 is 2.07 bits per heavy atom. The third-order valence-corrected chi connectivity index (χ3v) is 6.41. The first-order valence-corrected chi connectivity index (χ1v) is 10.4. The molecular weight excluding hydrogens is 380 g/mol. The molecule has 2 amide bonds. The average Bonchev–Trinajstić information content (AvgIpc) is 3.42. The van der Waals surface area contributed by atoms with Crippen molar-refractivity contribution in [1.82, 2.24) is 10.2 Å². The summed E-state index contributed by atoms with van der Waals surface area (Å²) in [6, 6.07) is 11.7. The lowest BCUT2D eigenvalue weighted by molar-refractivity contribution is -0.117. The second-order valence-corrected chi connectivity index (χ2v) is 8.26. The van der Waals surface area contributed by atoms with E-state index in [1.54, 1.807) is 11.0 Å². The molecule has 1 aromatic carbocycles. The van der Waals surface area contributed by atoms with Gasteiger partial charge >= 0.3 is 0 Å². The zero-order chi connectivity index (χ0) is 18.8. The highest BCUT2D eigenvalue weighted by Crippen LogP contribution is 2.34. The number of nitrogens with zero attached hydrogens (tertiary/aromatic N) is 3. The van der Waals surface area contributed by atoms with Crippen LogP contribution >= 0.6 is 22.7 Å². The van der Waals surface area contributed by atoms with Gasteiger partial charge in [0.1, 0.15) is 5.01 Å². The van der Waals surface area contributed by atoms with Crippen LogP contribution in [0.5, 0.6) is 0 Å². The maximum atomic E-state index is 12.5. The molecule has 1 N–H and O–H groups in total. The van der Waals surface area contributed by atoms with Crippen LogP contribution in [0.1, 0.15) is 39.5 Å². The molecule has 3 heterocycles. The number of hydrogen-bond acceptors (Lipinski definition) is 6. The van der Waals surface area contributed by atoms with Gasteiger partial charge in [0.05, 0.1) is 4.88 Å². The van der Waals surface area contributed by atoms with Gasteiger partial charge in [-0.3, -0.25) is 14.9 Å². The number of nitrogens with one attached hydrogen (secondary N) is 1. The Bertz CT molecular complexity index is 951. The maximum absolute atomic E-state index is 12.5. The maximum Gasteiger partial charge on any atom is 0.267 e. The van der Waals surface area contributed by atoms with E-state index < -0.39 is 0 Å². The van der Waals surface area contributed by atoms with Crippen molar-refractivity contribution in [3.63, 3.8) is 0 Å². The Hall–Kier alpha value is -2.58. The number of anilines is 2. The topological polar surface area (TPSA) is 75.2 Å². The molecule has 0 saturated carbocycles. The number of benzene rings is 1. The van der Waals surface area contributed by atoms with Gasteiger partial charge in [-0.15, -0.1) is 21.5 Å². The summed E-state index contributed by atoms with van der Waals surface area (Å²) in [6.07, 6.45) is 1.38. The van der Waals surface area contributed by atoms with E-state index in [1.165, 1.54) is 28.2 Å². The summed E-state index contributed by atoms with van der Waals surface area (Å²) >= 11 is 2.71. The second kappa shape index (κ2) is 7.58. The number of rotatable bonds is 5. The normalized spacial score (nSPS) is 16.7. The summed E-state index contributed by atoms with van der Waals surface area (Å²) in [5.74, 6) is -0.107. The van der Waals surface area contributed by atoms with Crippen LogP contribution in [-0.2, 0) is 11.2 Å². The van der Waals surface area contributed by atoms with E-state index in [1.807, 2.05) is 23.6 Å².